The van der Waals surface area contributed by atoms with E-state index in [1.165, 1.54) is 14.2 Å². The molecule has 5 aliphatic heterocycles. The van der Waals surface area contributed by atoms with E-state index in [-0.39, 0.29) is 84.1 Å². The average Bonchev–Trinajstić information content (AvgIpc) is 4.15. The number of alkyl carbamates (subject to hydrolysis) is 2. The molecule has 4 N–H and O–H groups in total. The summed E-state index contributed by atoms with van der Waals surface area (Å²) >= 11 is 0. The van der Waals surface area contributed by atoms with Gasteiger partial charge in [0, 0.05) is 23.0 Å². The van der Waals surface area contributed by atoms with Crippen LogP contribution in [0, 0.1) is 23.7 Å². The summed E-state index contributed by atoms with van der Waals surface area (Å²) < 4.78 is 28.6. The molecule has 0 spiro atoms. The molecule has 2 aromatic heterocycles. The topological polar surface area (TPSA) is 202 Å². The van der Waals surface area contributed by atoms with Crippen LogP contribution in [0.15, 0.2) is 48.7 Å². The Balaban J connectivity index is 0.905. The van der Waals surface area contributed by atoms with Gasteiger partial charge in [0.2, 0.25) is 11.8 Å². The third kappa shape index (κ3) is 9.15. The van der Waals surface area contributed by atoms with E-state index in [4.69, 9.17) is 33.7 Å². The van der Waals surface area contributed by atoms with Gasteiger partial charge in [0.15, 0.2) is 0 Å². The minimum Gasteiger partial charge on any atom is -0.488 e. The number of aromatic nitrogens is 4. The first-order valence-electron chi connectivity index (χ1n) is 25.9. The van der Waals surface area contributed by atoms with Crippen LogP contribution in [0.4, 0.5) is 9.59 Å². The molecule has 5 aromatic rings. The molecule has 5 aliphatic rings. The van der Waals surface area contributed by atoms with Gasteiger partial charge in [-0.15, -0.1) is 0 Å². The highest BCUT2D eigenvalue weighted by Crippen LogP contribution is 2.46. The minimum absolute atomic E-state index is 0.0398. The molecule has 0 aliphatic carbocycles. The highest BCUT2D eigenvalue weighted by atomic mass is 16.5. The summed E-state index contributed by atoms with van der Waals surface area (Å²) in [4.78, 5) is 76.0. The SMILES string of the molecule is COC(=O)N[C@H](C(=O)N1C(c2nc3c(ccc4cc5c(cc43)OCc3cc(-c4cnc([C@H]6C[C@@H](C)[C@@H](C)N6C(=O)[C@@H](NC(=O)OC)C6C[C@@H](C)O[C@H](C)C6)[nH]4)ccc3-5)[nH]2)C[C@@H](C)[C@H]1C)C1C[C@@H](C)O[C@H](C)C1. The largest absolute Gasteiger partial charge is 0.488 e. The summed E-state index contributed by atoms with van der Waals surface area (Å²) in [6.45, 7) is 16.9. The summed E-state index contributed by atoms with van der Waals surface area (Å²) in [6.07, 6.45) is 4.45. The summed E-state index contributed by atoms with van der Waals surface area (Å²) in [5, 5.41) is 7.77. The second-order valence-corrected chi connectivity index (χ2v) is 21.6. The standard InChI is InChI=1S/C55H70N8O9/c1-26-15-44(62(32(26)7)52(64)47(60-54(66)68-9)36-17-28(3)71-29(4)18-36)50-56-24-43(58-50)35-11-13-39-38(21-35)25-70-46-23-40-34(22-41(39)46)12-14-42-49(40)59-51(57-42)45-16-27(2)33(8)63(45)53(65)48(61-55(67)69-10)37-19-30(5)72-31(6)20-37/h11-14,21-24,26-33,36-37,44-45,47-48H,15-20,25H2,1-10H3,(H,56,58)(H,57,59)(H,60,66)(H,61,67)/t26-,27-,28-,29-,30-,31-,32-,33-,44-,45?,47+,48+/m1/s1. The Kier molecular flexibility index (Phi) is 13.5. The zero-order valence-electron chi connectivity index (χ0n) is 43.1. The molecule has 4 saturated heterocycles. The number of ether oxygens (including phenoxy) is 5. The number of amides is 4. The first-order valence-corrected chi connectivity index (χ1v) is 25.9. The van der Waals surface area contributed by atoms with Crippen LogP contribution in [0.5, 0.6) is 5.75 Å². The second kappa shape index (κ2) is 19.7. The lowest BCUT2D eigenvalue weighted by Crippen LogP contribution is -2.55. The number of likely N-dealkylation sites (tertiary alicyclic amines) is 2. The summed E-state index contributed by atoms with van der Waals surface area (Å²) in [5.41, 5.74) is 6.54. The normalized spacial score (nSPS) is 30.0. The zero-order valence-corrected chi connectivity index (χ0v) is 43.1. The van der Waals surface area contributed by atoms with E-state index in [0.717, 1.165) is 68.3 Å². The highest BCUT2D eigenvalue weighted by molar-refractivity contribution is 6.07. The van der Waals surface area contributed by atoms with Crippen LogP contribution >= 0.6 is 0 Å². The van der Waals surface area contributed by atoms with E-state index < -0.39 is 24.3 Å². The zero-order chi connectivity index (χ0) is 50.9. The number of hydrogen-bond acceptors (Lipinski definition) is 11. The van der Waals surface area contributed by atoms with Gasteiger partial charge < -0.3 is 54.1 Å². The number of aromatic amines is 2. The average molecular weight is 987 g/mol. The number of hydrogen-bond donors (Lipinski definition) is 4. The molecular weight excluding hydrogens is 917 g/mol. The molecule has 12 atom stereocenters. The molecule has 0 saturated carbocycles. The van der Waals surface area contributed by atoms with E-state index in [1.54, 1.807) is 0 Å². The van der Waals surface area contributed by atoms with Crippen LogP contribution in [0.3, 0.4) is 0 Å². The molecule has 10 rings (SSSR count). The smallest absolute Gasteiger partial charge is 0.407 e. The minimum atomic E-state index is -0.771. The number of carbonyl (C=O) groups excluding carboxylic acids is 4. The summed E-state index contributed by atoms with van der Waals surface area (Å²) in [5.74, 6) is 2.07. The molecule has 17 nitrogen and oxygen atoms in total. The van der Waals surface area contributed by atoms with E-state index in [2.05, 4.69) is 84.7 Å². The van der Waals surface area contributed by atoms with Gasteiger partial charge in [0.25, 0.3) is 0 Å². The highest BCUT2D eigenvalue weighted by Gasteiger charge is 2.48. The van der Waals surface area contributed by atoms with E-state index in [1.807, 2.05) is 49.8 Å². The maximum absolute atomic E-state index is 14.8. The van der Waals surface area contributed by atoms with Crippen molar-refractivity contribution in [2.24, 2.45) is 23.7 Å². The summed E-state index contributed by atoms with van der Waals surface area (Å²) in [7, 11) is 2.64. The first-order chi connectivity index (χ1) is 34.5. The Morgan fingerprint density at radius 1 is 0.667 bits per heavy atom. The third-order valence-corrected chi connectivity index (χ3v) is 16.7. The van der Waals surface area contributed by atoms with Gasteiger partial charge in [-0.1, -0.05) is 32.0 Å². The molecule has 4 fully saturated rings. The lowest BCUT2D eigenvalue weighted by molar-refractivity contribution is -0.141. The number of rotatable bonds is 9. The molecule has 4 amide bonds. The van der Waals surface area contributed by atoms with Crippen LogP contribution in [-0.4, -0.2) is 117 Å². The molecule has 384 valence electrons. The van der Waals surface area contributed by atoms with Gasteiger partial charge in [0.1, 0.15) is 36.1 Å². The van der Waals surface area contributed by atoms with Gasteiger partial charge in [-0.3, -0.25) is 9.59 Å². The molecule has 72 heavy (non-hydrogen) atoms. The van der Waals surface area contributed by atoms with E-state index in [9.17, 15) is 19.2 Å². The molecular formula is C55H70N8O9. The Morgan fingerprint density at radius 2 is 1.22 bits per heavy atom. The van der Waals surface area contributed by atoms with Crippen molar-refractivity contribution in [2.45, 2.75) is 161 Å². The van der Waals surface area contributed by atoms with Crippen LogP contribution < -0.4 is 15.4 Å². The molecule has 1 unspecified atom stereocenters. The number of H-pyrrole nitrogens is 2. The maximum atomic E-state index is 14.8. The molecule has 17 heteroatoms. The Hall–Kier alpha value is -6.20. The predicted molar refractivity (Wildman–Crippen MR) is 271 cm³/mol. The van der Waals surface area contributed by atoms with Crippen molar-refractivity contribution >= 4 is 45.8 Å². The van der Waals surface area contributed by atoms with Crippen LogP contribution in [0.2, 0.25) is 0 Å². The lowest BCUT2D eigenvalue weighted by Gasteiger charge is -2.39. The third-order valence-electron chi connectivity index (χ3n) is 16.7. The fourth-order valence-electron chi connectivity index (χ4n) is 12.8. The van der Waals surface area contributed by atoms with Crippen molar-refractivity contribution in [3.05, 3.63) is 65.9 Å². The van der Waals surface area contributed by atoms with Crippen molar-refractivity contribution < 1.29 is 42.9 Å². The predicted octanol–water partition coefficient (Wildman–Crippen LogP) is 9.12. The number of nitrogens with one attached hydrogen (secondary N) is 4. The van der Waals surface area contributed by atoms with Crippen molar-refractivity contribution in [1.82, 2.24) is 40.4 Å². The van der Waals surface area contributed by atoms with Crippen molar-refractivity contribution in [1.29, 1.82) is 0 Å². The number of nitrogens with zero attached hydrogens (tertiary/aromatic N) is 4. The number of benzene rings is 3. The first kappa shape index (κ1) is 49.4. The number of fused-ring (bicyclic) bond motifs is 6. The molecule has 3 aromatic carbocycles. The van der Waals surface area contributed by atoms with Gasteiger partial charge >= 0.3 is 12.2 Å². The van der Waals surface area contributed by atoms with Crippen molar-refractivity contribution in [2.75, 3.05) is 14.2 Å². The van der Waals surface area contributed by atoms with Crippen molar-refractivity contribution in [3.8, 4) is 28.1 Å². The monoisotopic (exact) mass is 987 g/mol. The van der Waals surface area contributed by atoms with Gasteiger partial charge in [-0.2, -0.15) is 0 Å². The maximum Gasteiger partial charge on any atom is 0.407 e. The van der Waals surface area contributed by atoms with Crippen LogP contribution in [-0.2, 0) is 35.1 Å². The van der Waals surface area contributed by atoms with Crippen molar-refractivity contribution in [3.63, 3.8) is 0 Å². The molecule has 7 heterocycles. The van der Waals surface area contributed by atoms with Crippen LogP contribution in [0.1, 0.15) is 123 Å². The molecule has 0 bridgehead atoms. The fraction of sp³-hybridized carbons (Fsp3) is 0.564. The number of methoxy groups -OCH3 is 2. The number of carbonyl (C=O) groups is 4. The van der Waals surface area contributed by atoms with Crippen LogP contribution in [0.25, 0.3) is 44.2 Å². The second-order valence-electron chi connectivity index (χ2n) is 21.6. The van der Waals surface area contributed by atoms with Gasteiger partial charge in [-0.05, 0) is 150 Å². The molecule has 0 radical (unpaired) electrons. The Labute approximate surface area is 420 Å². The van der Waals surface area contributed by atoms with Gasteiger partial charge in [0.05, 0.1) is 73.6 Å². The van der Waals surface area contributed by atoms with E-state index >= 15 is 0 Å². The van der Waals surface area contributed by atoms with Gasteiger partial charge in [-0.25, -0.2) is 19.6 Å². The Bertz CT molecular complexity index is 2860. The quantitative estimate of drug-likeness (QED) is 0.110. The summed E-state index contributed by atoms with van der Waals surface area (Å²) in [6, 6.07) is 12.4. The lowest BCUT2D eigenvalue weighted by atomic mass is 9.85. The fourth-order valence-corrected chi connectivity index (χ4v) is 12.8. The van der Waals surface area contributed by atoms with E-state index in [0.29, 0.717) is 43.9 Å². The Morgan fingerprint density at radius 3 is 1.78 bits per heavy atom. The number of imidazole rings is 2.